The van der Waals surface area contributed by atoms with E-state index < -0.39 is 5.97 Å². The molecule has 5 N–H and O–H groups in total. The third-order valence-electron chi connectivity index (χ3n) is 2.71. The van der Waals surface area contributed by atoms with Gasteiger partial charge >= 0.3 is 5.97 Å². The van der Waals surface area contributed by atoms with Gasteiger partial charge in [0.05, 0.1) is 0 Å². The second-order valence-electron chi connectivity index (χ2n) is 4.11. The molecule has 0 saturated heterocycles. The van der Waals surface area contributed by atoms with Gasteiger partial charge in [0.2, 0.25) is 0 Å². The summed E-state index contributed by atoms with van der Waals surface area (Å²) in [4.78, 5) is 10.6. The summed E-state index contributed by atoms with van der Waals surface area (Å²) in [5.74, 6) is -0.999. The molecule has 19 heavy (non-hydrogen) atoms. The van der Waals surface area contributed by atoms with Crippen LogP contribution in [-0.4, -0.2) is 11.1 Å². The Morgan fingerprint density at radius 2 is 1.84 bits per heavy atom. The zero-order valence-corrected chi connectivity index (χ0v) is 10.2. The molecule has 0 spiro atoms. The van der Waals surface area contributed by atoms with Gasteiger partial charge in [0, 0.05) is 23.0 Å². The maximum absolute atomic E-state index is 10.6. The Morgan fingerprint density at radius 1 is 1.11 bits per heavy atom. The molecule has 0 fully saturated rings. The number of benzene rings is 2. The number of hydrogen-bond donors (Lipinski definition) is 3. The Bertz CT molecular complexity index is 648. The van der Waals surface area contributed by atoms with E-state index in [-0.39, 0.29) is 0 Å². The van der Waals surface area contributed by atoms with Gasteiger partial charge in [0.25, 0.3) is 0 Å². The monoisotopic (exact) mass is 254 g/mol. The number of hydrogen-bond acceptors (Lipinski definition) is 3. The molecule has 2 aromatic rings. The van der Waals surface area contributed by atoms with Crippen LogP contribution in [0.15, 0.2) is 48.5 Å². The van der Waals surface area contributed by atoms with E-state index in [9.17, 15) is 4.79 Å². The summed E-state index contributed by atoms with van der Waals surface area (Å²) < 4.78 is 0. The Kier molecular flexibility index (Phi) is 3.52. The van der Waals surface area contributed by atoms with E-state index in [0.29, 0.717) is 11.4 Å². The molecule has 4 heteroatoms. The number of nitrogen functional groups attached to an aromatic ring is 2. The van der Waals surface area contributed by atoms with Gasteiger partial charge in [0.15, 0.2) is 0 Å². The average molecular weight is 254 g/mol. The topological polar surface area (TPSA) is 89.3 Å². The average Bonchev–Trinajstić information content (AvgIpc) is 2.36. The van der Waals surface area contributed by atoms with Crippen LogP contribution in [0.5, 0.6) is 0 Å². The quantitative estimate of drug-likeness (QED) is 0.580. The molecule has 0 aliphatic carbocycles. The van der Waals surface area contributed by atoms with Crippen molar-refractivity contribution in [1.29, 1.82) is 0 Å². The molecule has 0 bridgehead atoms. The van der Waals surface area contributed by atoms with Crippen LogP contribution in [0.2, 0.25) is 0 Å². The second kappa shape index (κ2) is 5.27. The van der Waals surface area contributed by atoms with Crippen molar-refractivity contribution >= 4 is 23.4 Å². The fourth-order valence-electron chi connectivity index (χ4n) is 1.92. The summed E-state index contributed by atoms with van der Waals surface area (Å²) >= 11 is 0. The molecule has 0 aliphatic heterocycles. The highest BCUT2D eigenvalue weighted by Crippen LogP contribution is 2.31. The largest absolute Gasteiger partial charge is 0.478 e. The summed E-state index contributed by atoms with van der Waals surface area (Å²) in [5.41, 5.74) is 15.4. The summed E-state index contributed by atoms with van der Waals surface area (Å²) in [6.45, 7) is 0. The lowest BCUT2D eigenvalue weighted by Crippen LogP contribution is -1.94. The summed E-state index contributed by atoms with van der Waals surface area (Å²) in [6.07, 6.45) is 2.61. The van der Waals surface area contributed by atoms with Crippen LogP contribution < -0.4 is 11.5 Å². The molecule has 0 amide bonds. The van der Waals surface area contributed by atoms with Crippen molar-refractivity contribution in [3.05, 3.63) is 54.1 Å². The third kappa shape index (κ3) is 2.93. The summed E-state index contributed by atoms with van der Waals surface area (Å²) in [7, 11) is 0. The first-order valence-electron chi connectivity index (χ1n) is 5.73. The van der Waals surface area contributed by atoms with E-state index in [1.807, 2.05) is 24.3 Å². The lowest BCUT2D eigenvalue weighted by molar-refractivity contribution is -0.131. The molecule has 2 rings (SSSR count). The molecule has 0 atom stereocenters. The van der Waals surface area contributed by atoms with Crippen LogP contribution in [0, 0.1) is 0 Å². The Hall–Kier alpha value is -2.75. The van der Waals surface area contributed by atoms with Gasteiger partial charge < -0.3 is 16.6 Å². The molecule has 0 unspecified atom stereocenters. The standard InChI is InChI=1S/C15H14N2O2/c16-12-5-1-4-11(9-12)15-10(7-8-14(18)19)3-2-6-13(15)17/h1-9H,16-17H2,(H,18,19)/b8-7+. The van der Waals surface area contributed by atoms with Gasteiger partial charge in [-0.05, 0) is 35.4 Å². The summed E-state index contributed by atoms with van der Waals surface area (Å²) in [6, 6.07) is 12.7. The van der Waals surface area contributed by atoms with Crippen LogP contribution in [0.4, 0.5) is 11.4 Å². The van der Waals surface area contributed by atoms with Crippen molar-refractivity contribution in [2.75, 3.05) is 11.5 Å². The van der Waals surface area contributed by atoms with Crippen molar-refractivity contribution < 1.29 is 9.90 Å². The number of carboxylic acids is 1. The minimum absolute atomic E-state index is 0.582. The molecule has 96 valence electrons. The highest BCUT2D eigenvalue weighted by molar-refractivity contribution is 5.91. The first-order chi connectivity index (χ1) is 9.08. The van der Waals surface area contributed by atoms with Crippen molar-refractivity contribution in [2.24, 2.45) is 0 Å². The molecule has 2 aromatic carbocycles. The Morgan fingerprint density at radius 3 is 2.53 bits per heavy atom. The molecule has 0 aromatic heterocycles. The van der Waals surface area contributed by atoms with Crippen LogP contribution in [0.3, 0.4) is 0 Å². The van der Waals surface area contributed by atoms with Crippen LogP contribution in [-0.2, 0) is 4.79 Å². The van der Waals surface area contributed by atoms with Gasteiger partial charge in [-0.2, -0.15) is 0 Å². The zero-order valence-electron chi connectivity index (χ0n) is 10.2. The van der Waals surface area contributed by atoms with Gasteiger partial charge in [-0.15, -0.1) is 0 Å². The van der Waals surface area contributed by atoms with Crippen molar-refractivity contribution in [2.45, 2.75) is 0 Å². The molecule has 0 radical (unpaired) electrons. The minimum Gasteiger partial charge on any atom is -0.478 e. The molecule has 0 heterocycles. The lowest BCUT2D eigenvalue weighted by Gasteiger charge is -2.10. The predicted octanol–water partition coefficient (Wildman–Crippen LogP) is 2.62. The molecular weight excluding hydrogens is 240 g/mol. The van der Waals surface area contributed by atoms with Gasteiger partial charge in [-0.1, -0.05) is 24.3 Å². The van der Waals surface area contributed by atoms with Crippen LogP contribution in [0.25, 0.3) is 17.2 Å². The first-order valence-corrected chi connectivity index (χ1v) is 5.73. The third-order valence-corrected chi connectivity index (χ3v) is 2.71. The van der Waals surface area contributed by atoms with E-state index in [1.54, 1.807) is 18.2 Å². The Labute approximate surface area is 111 Å². The van der Waals surface area contributed by atoms with Crippen LogP contribution >= 0.6 is 0 Å². The zero-order chi connectivity index (χ0) is 13.8. The number of rotatable bonds is 3. The maximum Gasteiger partial charge on any atom is 0.328 e. The summed E-state index contributed by atoms with van der Waals surface area (Å²) in [5, 5.41) is 8.71. The highest BCUT2D eigenvalue weighted by atomic mass is 16.4. The fourth-order valence-corrected chi connectivity index (χ4v) is 1.92. The van der Waals surface area contributed by atoms with E-state index >= 15 is 0 Å². The predicted molar refractivity (Wildman–Crippen MR) is 77.4 cm³/mol. The minimum atomic E-state index is -0.999. The highest BCUT2D eigenvalue weighted by Gasteiger charge is 2.07. The first kappa shape index (κ1) is 12.7. The van der Waals surface area contributed by atoms with Gasteiger partial charge in [-0.25, -0.2) is 4.79 Å². The lowest BCUT2D eigenvalue weighted by atomic mass is 9.97. The smallest absolute Gasteiger partial charge is 0.328 e. The van der Waals surface area contributed by atoms with Gasteiger partial charge in [0.1, 0.15) is 0 Å². The molecule has 0 aliphatic rings. The fraction of sp³-hybridized carbons (Fsp3) is 0. The van der Waals surface area contributed by atoms with Crippen LogP contribution in [0.1, 0.15) is 5.56 Å². The molecule has 4 nitrogen and oxygen atoms in total. The maximum atomic E-state index is 10.6. The molecular formula is C15H14N2O2. The van der Waals surface area contributed by atoms with Gasteiger partial charge in [-0.3, -0.25) is 0 Å². The number of carboxylic acid groups (broad SMARTS) is 1. The SMILES string of the molecule is Nc1cccc(-c2c(N)cccc2/C=C/C(=O)O)c1. The number of carbonyl (C=O) groups is 1. The van der Waals surface area contributed by atoms with Crippen molar-refractivity contribution in [3.63, 3.8) is 0 Å². The van der Waals surface area contributed by atoms with E-state index in [4.69, 9.17) is 16.6 Å². The number of aliphatic carboxylic acids is 1. The van der Waals surface area contributed by atoms with E-state index in [1.165, 1.54) is 6.08 Å². The Balaban J connectivity index is 2.58. The normalized spacial score (nSPS) is 10.7. The second-order valence-corrected chi connectivity index (χ2v) is 4.11. The van der Waals surface area contributed by atoms with E-state index in [0.717, 1.165) is 22.8 Å². The number of nitrogens with two attached hydrogens (primary N) is 2. The molecule has 0 saturated carbocycles. The van der Waals surface area contributed by atoms with Crippen molar-refractivity contribution in [1.82, 2.24) is 0 Å². The van der Waals surface area contributed by atoms with Crippen molar-refractivity contribution in [3.8, 4) is 11.1 Å². The van der Waals surface area contributed by atoms with E-state index in [2.05, 4.69) is 0 Å². The number of anilines is 2.